The normalized spacial score (nSPS) is 17.5. The summed E-state index contributed by atoms with van der Waals surface area (Å²) in [6, 6.07) is 15.4. The molecule has 5 heteroatoms. The molecule has 0 bridgehead atoms. The fourth-order valence-corrected chi connectivity index (χ4v) is 4.63. The van der Waals surface area contributed by atoms with Gasteiger partial charge < -0.3 is 4.98 Å². The zero-order valence-electron chi connectivity index (χ0n) is 14.2. The highest BCUT2D eigenvalue weighted by molar-refractivity contribution is 7.09. The number of para-hydroxylation sites is 1. The van der Waals surface area contributed by atoms with Crippen molar-refractivity contribution in [2.24, 2.45) is 0 Å². The minimum Gasteiger partial charge on any atom is -0.357 e. The molecule has 1 aliphatic rings. The molecule has 1 unspecified atom stereocenters. The first kappa shape index (κ1) is 15.7. The van der Waals surface area contributed by atoms with Crippen LogP contribution in [0.3, 0.4) is 0 Å². The Morgan fingerprint density at radius 2 is 2.00 bits per heavy atom. The first-order valence-corrected chi connectivity index (χ1v) is 9.65. The number of thiazole rings is 1. The lowest BCUT2D eigenvalue weighted by Gasteiger charge is -2.35. The van der Waals surface area contributed by atoms with Crippen molar-refractivity contribution in [3.05, 3.63) is 87.8 Å². The number of aromatic amines is 1. The lowest BCUT2D eigenvalue weighted by molar-refractivity contribution is 0.201. The Bertz CT molecular complexity index is 1040. The van der Waals surface area contributed by atoms with Gasteiger partial charge in [0, 0.05) is 34.7 Å². The number of rotatable bonds is 3. The number of halogens is 1. The van der Waals surface area contributed by atoms with Gasteiger partial charge in [-0.2, -0.15) is 0 Å². The molecule has 1 aliphatic heterocycles. The van der Waals surface area contributed by atoms with Gasteiger partial charge in [-0.05, 0) is 35.7 Å². The summed E-state index contributed by atoms with van der Waals surface area (Å²) in [6.45, 7) is 1.75. The molecule has 0 aliphatic carbocycles. The van der Waals surface area contributed by atoms with Crippen molar-refractivity contribution in [3.63, 3.8) is 0 Å². The number of nitrogens with zero attached hydrogens (tertiary/aromatic N) is 2. The minimum absolute atomic E-state index is 0.0793. The molecule has 0 radical (unpaired) electrons. The summed E-state index contributed by atoms with van der Waals surface area (Å²) in [4.78, 5) is 10.5. The third-order valence-corrected chi connectivity index (χ3v) is 5.91. The lowest BCUT2D eigenvalue weighted by Crippen LogP contribution is -2.35. The Morgan fingerprint density at radius 1 is 1.15 bits per heavy atom. The maximum absolute atomic E-state index is 13.5. The van der Waals surface area contributed by atoms with Crippen LogP contribution in [0, 0.1) is 5.82 Å². The molecule has 0 spiro atoms. The molecule has 2 aromatic carbocycles. The van der Waals surface area contributed by atoms with E-state index in [1.165, 1.54) is 22.2 Å². The molecule has 130 valence electrons. The average molecular weight is 363 g/mol. The van der Waals surface area contributed by atoms with Crippen LogP contribution in [0.15, 0.2) is 60.1 Å². The van der Waals surface area contributed by atoms with E-state index >= 15 is 0 Å². The number of hydrogen-bond donors (Lipinski definition) is 1. The van der Waals surface area contributed by atoms with Gasteiger partial charge in [-0.1, -0.05) is 30.3 Å². The minimum atomic E-state index is -0.201. The number of benzene rings is 2. The topological polar surface area (TPSA) is 31.9 Å². The quantitative estimate of drug-likeness (QED) is 0.561. The summed E-state index contributed by atoms with van der Waals surface area (Å²) in [7, 11) is 0. The van der Waals surface area contributed by atoms with Crippen molar-refractivity contribution in [1.82, 2.24) is 14.9 Å². The van der Waals surface area contributed by atoms with Gasteiger partial charge in [0.2, 0.25) is 0 Å². The fraction of sp³-hybridized carbons (Fsp3) is 0.190. The van der Waals surface area contributed by atoms with E-state index in [2.05, 4.69) is 39.1 Å². The predicted octanol–water partition coefficient (Wildman–Crippen LogP) is 4.91. The van der Waals surface area contributed by atoms with Gasteiger partial charge in [0.1, 0.15) is 10.8 Å². The maximum Gasteiger partial charge on any atom is 0.123 e. The van der Waals surface area contributed by atoms with Crippen LogP contribution >= 0.6 is 11.3 Å². The second kappa shape index (κ2) is 6.34. The summed E-state index contributed by atoms with van der Waals surface area (Å²) in [6.07, 6.45) is 2.85. The Hall–Kier alpha value is -2.50. The predicted molar refractivity (Wildman–Crippen MR) is 103 cm³/mol. The SMILES string of the molecule is Fc1ccc(C2c3[nH]c4ccccc4c3CCN2Cc2nccs2)cc1. The van der Waals surface area contributed by atoms with Crippen molar-refractivity contribution in [3.8, 4) is 0 Å². The molecule has 0 amide bonds. The molecule has 1 N–H and O–H groups in total. The highest BCUT2D eigenvalue weighted by Crippen LogP contribution is 2.39. The van der Waals surface area contributed by atoms with Crippen LogP contribution in [-0.2, 0) is 13.0 Å². The van der Waals surface area contributed by atoms with E-state index in [0.717, 1.165) is 30.1 Å². The fourth-order valence-electron chi connectivity index (χ4n) is 3.99. The molecule has 2 aromatic heterocycles. The largest absolute Gasteiger partial charge is 0.357 e. The molecule has 0 fully saturated rings. The Kier molecular flexibility index (Phi) is 3.84. The van der Waals surface area contributed by atoms with E-state index in [0.29, 0.717) is 0 Å². The van der Waals surface area contributed by atoms with Crippen molar-refractivity contribution >= 4 is 22.2 Å². The van der Waals surface area contributed by atoms with Gasteiger partial charge in [0.05, 0.1) is 12.6 Å². The third-order valence-electron chi connectivity index (χ3n) is 5.14. The lowest BCUT2D eigenvalue weighted by atomic mass is 9.92. The molecule has 0 saturated carbocycles. The standard InChI is InChI=1S/C21H18FN3S/c22-15-7-5-14(6-8-15)21-20-17(16-3-1-2-4-18(16)24-20)9-11-25(21)13-19-23-10-12-26-19/h1-8,10,12,21,24H,9,11,13H2. The van der Waals surface area contributed by atoms with Gasteiger partial charge in [-0.3, -0.25) is 4.90 Å². The maximum atomic E-state index is 13.5. The Balaban J connectivity index is 1.64. The van der Waals surface area contributed by atoms with Gasteiger partial charge in [-0.25, -0.2) is 9.37 Å². The van der Waals surface area contributed by atoms with Crippen molar-refractivity contribution in [1.29, 1.82) is 0 Å². The van der Waals surface area contributed by atoms with Gasteiger partial charge >= 0.3 is 0 Å². The second-order valence-electron chi connectivity index (χ2n) is 6.66. The van der Waals surface area contributed by atoms with E-state index in [1.807, 2.05) is 23.7 Å². The van der Waals surface area contributed by atoms with Gasteiger partial charge in [-0.15, -0.1) is 11.3 Å². The van der Waals surface area contributed by atoms with E-state index in [4.69, 9.17) is 0 Å². The molecule has 3 heterocycles. The molecule has 1 atom stereocenters. The molecular formula is C21H18FN3S. The van der Waals surface area contributed by atoms with Crippen LogP contribution in [0.2, 0.25) is 0 Å². The highest BCUT2D eigenvalue weighted by atomic mass is 32.1. The van der Waals surface area contributed by atoms with E-state index in [9.17, 15) is 4.39 Å². The summed E-state index contributed by atoms with van der Waals surface area (Å²) >= 11 is 1.68. The molecule has 5 rings (SSSR count). The number of H-pyrrole nitrogens is 1. The highest BCUT2D eigenvalue weighted by Gasteiger charge is 2.32. The monoisotopic (exact) mass is 363 g/mol. The number of hydrogen-bond acceptors (Lipinski definition) is 3. The van der Waals surface area contributed by atoms with Crippen LogP contribution in [0.1, 0.15) is 27.9 Å². The van der Waals surface area contributed by atoms with Crippen molar-refractivity contribution in [2.75, 3.05) is 6.54 Å². The van der Waals surface area contributed by atoms with E-state index in [-0.39, 0.29) is 11.9 Å². The average Bonchev–Trinajstić information content (AvgIpc) is 3.30. The second-order valence-corrected chi connectivity index (χ2v) is 7.64. The van der Waals surface area contributed by atoms with Crippen molar-refractivity contribution in [2.45, 2.75) is 19.0 Å². The van der Waals surface area contributed by atoms with Gasteiger partial charge in [0.15, 0.2) is 0 Å². The van der Waals surface area contributed by atoms with Crippen LogP contribution in [-0.4, -0.2) is 21.4 Å². The van der Waals surface area contributed by atoms with Gasteiger partial charge in [0.25, 0.3) is 0 Å². The molecule has 0 saturated heterocycles. The molecular weight excluding hydrogens is 345 g/mol. The van der Waals surface area contributed by atoms with Crippen LogP contribution in [0.25, 0.3) is 10.9 Å². The first-order valence-electron chi connectivity index (χ1n) is 8.77. The molecule has 4 aromatic rings. The number of nitrogens with one attached hydrogen (secondary N) is 1. The zero-order chi connectivity index (χ0) is 17.5. The van der Waals surface area contributed by atoms with Crippen LogP contribution in [0.5, 0.6) is 0 Å². The Labute approximate surface area is 155 Å². The Morgan fingerprint density at radius 3 is 2.81 bits per heavy atom. The first-order chi connectivity index (χ1) is 12.8. The number of fused-ring (bicyclic) bond motifs is 3. The third kappa shape index (κ3) is 2.64. The molecule has 26 heavy (non-hydrogen) atoms. The van der Waals surface area contributed by atoms with E-state index < -0.39 is 0 Å². The summed E-state index contributed by atoms with van der Waals surface area (Å²) in [5, 5.41) is 4.42. The number of aromatic nitrogens is 2. The zero-order valence-corrected chi connectivity index (χ0v) is 15.0. The summed E-state index contributed by atoms with van der Waals surface area (Å²) in [5.74, 6) is -0.201. The van der Waals surface area contributed by atoms with Crippen LogP contribution < -0.4 is 0 Å². The van der Waals surface area contributed by atoms with E-state index in [1.54, 1.807) is 23.5 Å². The smallest absolute Gasteiger partial charge is 0.123 e. The van der Waals surface area contributed by atoms with Crippen LogP contribution in [0.4, 0.5) is 4.39 Å². The van der Waals surface area contributed by atoms with Crippen molar-refractivity contribution < 1.29 is 4.39 Å². The summed E-state index contributed by atoms with van der Waals surface area (Å²) < 4.78 is 13.5. The molecule has 3 nitrogen and oxygen atoms in total. The summed E-state index contributed by atoms with van der Waals surface area (Å²) in [5.41, 5.74) is 4.88.